The van der Waals surface area contributed by atoms with E-state index in [0.29, 0.717) is 30.1 Å². The summed E-state index contributed by atoms with van der Waals surface area (Å²) in [6, 6.07) is 4.92. The van der Waals surface area contributed by atoms with Crippen molar-refractivity contribution in [3.63, 3.8) is 0 Å². The van der Waals surface area contributed by atoms with Crippen molar-refractivity contribution < 1.29 is 19.4 Å². The minimum Gasteiger partial charge on any atom is -0.478 e. The summed E-state index contributed by atoms with van der Waals surface area (Å²) in [5, 5.41) is 21.0. The van der Waals surface area contributed by atoms with E-state index in [1.165, 1.54) is 12.1 Å². The predicted molar refractivity (Wildman–Crippen MR) is 74.9 cm³/mol. The summed E-state index contributed by atoms with van der Waals surface area (Å²) < 4.78 is 5.48. The molecule has 1 aromatic heterocycles. The lowest BCUT2D eigenvalue weighted by atomic mass is 9.90. The van der Waals surface area contributed by atoms with Gasteiger partial charge in [-0.1, -0.05) is 13.8 Å². The zero-order valence-corrected chi connectivity index (χ0v) is 11.5. The van der Waals surface area contributed by atoms with Crippen LogP contribution in [0.15, 0.2) is 22.6 Å². The van der Waals surface area contributed by atoms with Crippen LogP contribution < -0.4 is 5.32 Å². The van der Waals surface area contributed by atoms with E-state index in [9.17, 15) is 4.79 Å². The summed E-state index contributed by atoms with van der Waals surface area (Å²) in [6.45, 7) is 4.79. The third kappa shape index (κ3) is 3.27. The fraction of sp³-hybridized carbons (Fsp3) is 0.429. The molecule has 108 valence electrons. The zero-order chi connectivity index (χ0) is 14.8. The molecule has 0 saturated carbocycles. The molecule has 0 aliphatic heterocycles. The van der Waals surface area contributed by atoms with Gasteiger partial charge in [0.2, 0.25) is 0 Å². The number of anilines is 1. The number of aromatic carboxylic acids is 1. The number of carbonyl (C=O) groups is 1. The minimum absolute atomic E-state index is 0.0817. The molecule has 0 aliphatic rings. The van der Waals surface area contributed by atoms with Gasteiger partial charge in [-0.05, 0) is 30.0 Å². The molecule has 0 fully saturated rings. The molecule has 3 N–H and O–H groups in total. The van der Waals surface area contributed by atoms with Crippen molar-refractivity contribution >= 4 is 23.1 Å². The van der Waals surface area contributed by atoms with Crippen LogP contribution in [0.4, 0.5) is 6.01 Å². The summed E-state index contributed by atoms with van der Waals surface area (Å²) in [4.78, 5) is 15.1. The van der Waals surface area contributed by atoms with Gasteiger partial charge in [0.15, 0.2) is 5.58 Å². The molecule has 0 saturated heterocycles. The van der Waals surface area contributed by atoms with Crippen LogP contribution >= 0.6 is 0 Å². The number of fused-ring (bicyclic) bond motifs is 1. The topological polar surface area (TPSA) is 95.6 Å². The van der Waals surface area contributed by atoms with E-state index >= 15 is 0 Å². The Morgan fingerprint density at radius 2 is 2.20 bits per heavy atom. The number of rotatable bonds is 6. The first-order chi connectivity index (χ1) is 9.41. The largest absolute Gasteiger partial charge is 0.478 e. The maximum Gasteiger partial charge on any atom is 0.335 e. The summed E-state index contributed by atoms with van der Waals surface area (Å²) >= 11 is 0. The van der Waals surface area contributed by atoms with Gasteiger partial charge in [-0.2, -0.15) is 4.98 Å². The monoisotopic (exact) mass is 278 g/mol. The maximum absolute atomic E-state index is 10.9. The quantitative estimate of drug-likeness (QED) is 0.750. The molecule has 6 nitrogen and oxygen atoms in total. The highest BCUT2D eigenvalue weighted by atomic mass is 16.4. The first kappa shape index (κ1) is 14.3. The lowest BCUT2D eigenvalue weighted by Crippen LogP contribution is -2.24. The number of carboxylic acid groups (broad SMARTS) is 1. The second-order valence-electron chi connectivity index (χ2n) is 5.50. The highest BCUT2D eigenvalue weighted by molar-refractivity contribution is 5.92. The molecule has 0 bridgehead atoms. The molecule has 0 aliphatic carbocycles. The number of benzene rings is 1. The molecule has 0 amide bonds. The van der Waals surface area contributed by atoms with Gasteiger partial charge < -0.3 is 19.9 Å². The molecular formula is C14H18N2O4. The van der Waals surface area contributed by atoms with E-state index in [1.54, 1.807) is 6.07 Å². The second kappa shape index (κ2) is 5.50. The first-order valence-corrected chi connectivity index (χ1v) is 6.40. The van der Waals surface area contributed by atoms with Gasteiger partial charge in [-0.3, -0.25) is 0 Å². The van der Waals surface area contributed by atoms with Crippen LogP contribution in [0.2, 0.25) is 0 Å². The third-order valence-electron chi connectivity index (χ3n) is 3.14. The smallest absolute Gasteiger partial charge is 0.335 e. The fourth-order valence-electron chi connectivity index (χ4n) is 1.84. The van der Waals surface area contributed by atoms with Crippen molar-refractivity contribution in [1.82, 2.24) is 4.98 Å². The van der Waals surface area contributed by atoms with Crippen molar-refractivity contribution in [2.45, 2.75) is 20.3 Å². The van der Waals surface area contributed by atoms with Crippen molar-refractivity contribution in [3.8, 4) is 0 Å². The van der Waals surface area contributed by atoms with E-state index in [4.69, 9.17) is 14.6 Å². The molecule has 0 spiro atoms. The highest BCUT2D eigenvalue weighted by Crippen LogP contribution is 2.23. The van der Waals surface area contributed by atoms with Gasteiger partial charge in [0, 0.05) is 13.2 Å². The van der Waals surface area contributed by atoms with Crippen molar-refractivity contribution in [1.29, 1.82) is 0 Å². The number of oxazole rings is 1. The normalized spacial score (nSPS) is 11.8. The van der Waals surface area contributed by atoms with Crippen molar-refractivity contribution in [3.05, 3.63) is 23.8 Å². The predicted octanol–water partition coefficient (Wildman–Crippen LogP) is 2.35. The van der Waals surface area contributed by atoms with Crippen LogP contribution in [0.1, 0.15) is 30.6 Å². The molecule has 6 heteroatoms. The molecule has 20 heavy (non-hydrogen) atoms. The van der Waals surface area contributed by atoms with Crippen LogP contribution in [-0.2, 0) is 0 Å². The van der Waals surface area contributed by atoms with Gasteiger partial charge in [0.05, 0.1) is 5.56 Å². The molecule has 0 radical (unpaired) electrons. The van der Waals surface area contributed by atoms with E-state index < -0.39 is 5.97 Å². The number of aliphatic hydroxyl groups is 1. The number of nitrogens with one attached hydrogen (secondary N) is 1. The maximum atomic E-state index is 10.9. The molecular weight excluding hydrogens is 260 g/mol. The van der Waals surface area contributed by atoms with Crippen molar-refractivity contribution in [2.24, 2.45) is 5.41 Å². The van der Waals surface area contributed by atoms with Crippen molar-refractivity contribution in [2.75, 3.05) is 18.5 Å². The lowest BCUT2D eigenvalue weighted by Gasteiger charge is -2.23. The average Bonchev–Trinajstić information content (AvgIpc) is 2.78. The third-order valence-corrected chi connectivity index (χ3v) is 3.14. The Hall–Kier alpha value is -2.08. The van der Waals surface area contributed by atoms with E-state index in [2.05, 4.69) is 10.3 Å². The highest BCUT2D eigenvalue weighted by Gasteiger charge is 2.18. The Labute approximate surface area is 116 Å². The summed E-state index contributed by atoms with van der Waals surface area (Å²) in [7, 11) is 0. The molecule has 2 aromatic rings. The van der Waals surface area contributed by atoms with E-state index in [1.807, 2.05) is 13.8 Å². The number of aromatic nitrogens is 1. The Morgan fingerprint density at radius 3 is 2.85 bits per heavy atom. The van der Waals surface area contributed by atoms with Gasteiger partial charge in [0.25, 0.3) is 6.01 Å². The van der Waals surface area contributed by atoms with E-state index in [0.717, 1.165) is 0 Å². The molecule has 0 unspecified atom stereocenters. The Balaban J connectivity index is 2.14. The number of nitrogens with zero attached hydrogens (tertiary/aromatic N) is 1. The van der Waals surface area contributed by atoms with Crippen LogP contribution in [0.5, 0.6) is 0 Å². The summed E-state index contributed by atoms with van der Waals surface area (Å²) in [5.41, 5.74) is 1.13. The first-order valence-electron chi connectivity index (χ1n) is 6.40. The number of aliphatic hydroxyl groups excluding tert-OH is 1. The molecule has 2 rings (SSSR count). The molecule has 1 aromatic carbocycles. The van der Waals surface area contributed by atoms with Crippen LogP contribution in [0.3, 0.4) is 0 Å². The molecule has 0 atom stereocenters. The van der Waals surface area contributed by atoms with Crippen LogP contribution in [0.25, 0.3) is 11.1 Å². The zero-order valence-electron chi connectivity index (χ0n) is 11.5. The molecule has 1 heterocycles. The summed E-state index contributed by atoms with van der Waals surface area (Å²) in [6.07, 6.45) is 0.670. The lowest BCUT2D eigenvalue weighted by molar-refractivity contribution is 0.0697. The van der Waals surface area contributed by atoms with Crippen LogP contribution in [0, 0.1) is 5.41 Å². The number of hydrogen-bond donors (Lipinski definition) is 3. The Kier molecular flexibility index (Phi) is 3.94. The van der Waals surface area contributed by atoms with Gasteiger partial charge in [-0.25, -0.2) is 4.79 Å². The minimum atomic E-state index is -0.998. The summed E-state index contributed by atoms with van der Waals surface area (Å²) in [5.74, 6) is -0.998. The number of hydrogen-bond acceptors (Lipinski definition) is 5. The van der Waals surface area contributed by atoms with Gasteiger partial charge >= 0.3 is 5.97 Å². The Morgan fingerprint density at radius 1 is 1.45 bits per heavy atom. The van der Waals surface area contributed by atoms with E-state index in [-0.39, 0.29) is 17.6 Å². The number of carboxylic acids is 1. The SMILES string of the molecule is CC(C)(CCO)CNc1nc2ccc(C(=O)O)cc2o1. The second-order valence-corrected chi connectivity index (χ2v) is 5.50. The average molecular weight is 278 g/mol. The van der Waals surface area contributed by atoms with Gasteiger partial charge in [-0.15, -0.1) is 0 Å². The Bertz CT molecular complexity index is 619. The van der Waals surface area contributed by atoms with Gasteiger partial charge in [0.1, 0.15) is 5.52 Å². The fourth-order valence-corrected chi connectivity index (χ4v) is 1.84. The standard InChI is InChI=1S/C14H18N2O4/c1-14(2,5-6-17)8-15-13-16-10-4-3-9(12(18)19)7-11(10)20-13/h3-4,7,17H,5-6,8H2,1-2H3,(H,15,16)(H,18,19). The van der Waals surface area contributed by atoms with Crippen LogP contribution in [-0.4, -0.2) is 34.3 Å².